The van der Waals surface area contributed by atoms with Gasteiger partial charge in [-0.05, 0) is 47.3 Å². The van der Waals surface area contributed by atoms with E-state index in [2.05, 4.69) is 19.6 Å². The lowest BCUT2D eigenvalue weighted by atomic mass is 10.2. The van der Waals surface area contributed by atoms with E-state index in [1.54, 1.807) is 6.26 Å². The smallest absolute Gasteiger partial charge is 0.325 e. The topological polar surface area (TPSA) is 40.2 Å². The molecule has 5 nitrogen and oxygen atoms in total. The predicted molar refractivity (Wildman–Crippen MR) is 74.4 cm³/mol. The largest absolute Gasteiger partial charge is 0.448 e. The van der Waals surface area contributed by atoms with Crippen LogP contribution in [0.5, 0.6) is 0 Å². The fourth-order valence-electron chi connectivity index (χ4n) is 2.74. The lowest BCUT2D eigenvalue weighted by Crippen LogP contribution is -2.57. The maximum Gasteiger partial charge on any atom is 0.325 e. The van der Waals surface area contributed by atoms with Gasteiger partial charge in [-0.1, -0.05) is 0 Å². The first kappa shape index (κ1) is 14.8. The molecule has 2 heterocycles. The average Bonchev–Trinajstić information content (AvgIpc) is 2.67. The molecule has 2 rings (SSSR count). The van der Waals surface area contributed by atoms with Crippen LogP contribution in [-0.2, 0) is 18.6 Å². The summed E-state index contributed by atoms with van der Waals surface area (Å²) in [6.45, 7) is 14.4. The van der Waals surface area contributed by atoms with Gasteiger partial charge < -0.3 is 13.9 Å². The lowest BCUT2D eigenvalue weighted by molar-refractivity contribution is -0.281. The Hall–Kier alpha value is -0.563. The number of nitrogens with zero attached hydrogens (tertiary/aromatic N) is 1. The maximum atomic E-state index is 6.17. The van der Waals surface area contributed by atoms with E-state index >= 15 is 0 Å². The highest BCUT2D eigenvalue weighted by atomic mass is 28.4. The van der Waals surface area contributed by atoms with Crippen molar-refractivity contribution in [1.29, 1.82) is 0 Å². The van der Waals surface area contributed by atoms with E-state index in [1.165, 1.54) is 0 Å². The van der Waals surface area contributed by atoms with Gasteiger partial charge in [0.05, 0.1) is 5.70 Å². The van der Waals surface area contributed by atoms with Crippen molar-refractivity contribution >= 4 is 8.32 Å². The van der Waals surface area contributed by atoms with Crippen LogP contribution in [0.1, 0.15) is 27.7 Å². The maximum absolute atomic E-state index is 6.17. The van der Waals surface area contributed by atoms with Crippen LogP contribution in [0.3, 0.4) is 0 Å². The molecular formula is C13H25NO4Si. The molecular weight excluding hydrogens is 262 g/mol. The first-order valence-electron chi connectivity index (χ1n) is 6.81. The molecule has 4 unspecified atom stereocenters. The van der Waals surface area contributed by atoms with Crippen LogP contribution in [0.2, 0.25) is 19.6 Å². The number of rotatable bonds is 3. The summed E-state index contributed by atoms with van der Waals surface area (Å²) in [4.78, 5) is 2.04. The summed E-state index contributed by atoms with van der Waals surface area (Å²) in [5, 5.41) is 0. The summed E-state index contributed by atoms with van der Waals surface area (Å²) in [6.07, 6.45) is 1.16. The van der Waals surface area contributed by atoms with Gasteiger partial charge in [-0.2, -0.15) is 0 Å². The summed E-state index contributed by atoms with van der Waals surface area (Å²) < 4.78 is 23.6. The molecule has 0 N–H and O–H groups in total. The molecule has 19 heavy (non-hydrogen) atoms. The third-order valence-corrected chi connectivity index (χ3v) is 4.29. The van der Waals surface area contributed by atoms with Crippen molar-refractivity contribution in [2.24, 2.45) is 0 Å². The molecule has 6 heteroatoms. The summed E-state index contributed by atoms with van der Waals surface area (Å²) in [5.74, 6) is -0.886. The summed E-state index contributed by atoms with van der Waals surface area (Å²) in [5.41, 5.74) is 0.996. The summed E-state index contributed by atoms with van der Waals surface area (Å²) in [7, 11) is -1.64. The number of hydrogen-bond donors (Lipinski definition) is 0. The van der Waals surface area contributed by atoms with Gasteiger partial charge in [0, 0.05) is 0 Å². The Bertz CT molecular complexity index is 381. The van der Waals surface area contributed by atoms with E-state index in [0.29, 0.717) is 0 Å². The van der Waals surface area contributed by atoms with Crippen molar-refractivity contribution in [2.45, 2.75) is 71.9 Å². The zero-order valence-electron chi connectivity index (χ0n) is 12.9. The molecule has 110 valence electrons. The molecule has 0 amide bonds. The Morgan fingerprint density at radius 2 is 2.00 bits per heavy atom. The fraction of sp³-hybridized carbons (Fsp3) is 0.846. The molecule has 0 radical (unpaired) electrons. The average molecular weight is 287 g/mol. The molecule has 0 aliphatic carbocycles. The minimum Gasteiger partial charge on any atom is -0.448 e. The SMILES string of the molecule is CC1=COC2(OC(C)OC2C)N1C(C)O[Si](C)(C)C. The highest BCUT2D eigenvalue weighted by Gasteiger charge is 2.57. The van der Waals surface area contributed by atoms with Gasteiger partial charge in [0.15, 0.2) is 14.6 Å². The van der Waals surface area contributed by atoms with Crippen LogP contribution >= 0.6 is 0 Å². The van der Waals surface area contributed by atoms with Gasteiger partial charge in [0.2, 0.25) is 0 Å². The Morgan fingerprint density at radius 3 is 2.47 bits per heavy atom. The number of hydrogen-bond acceptors (Lipinski definition) is 5. The van der Waals surface area contributed by atoms with Gasteiger partial charge >= 0.3 is 5.91 Å². The summed E-state index contributed by atoms with van der Waals surface area (Å²) in [6, 6.07) is 0. The molecule has 0 aromatic carbocycles. The molecule has 2 aliphatic rings. The molecule has 2 aliphatic heterocycles. The van der Waals surface area contributed by atoms with Gasteiger partial charge in [-0.15, -0.1) is 0 Å². The van der Waals surface area contributed by atoms with Crippen molar-refractivity contribution in [1.82, 2.24) is 4.90 Å². The normalized spacial score (nSPS) is 36.6. The third-order valence-electron chi connectivity index (χ3n) is 3.25. The standard InChI is InChI=1S/C13H25NO4Si/c1-9-8-15-13(10(2)16-12(4)17-13)14(9)11(3)18-19(5,6)7/h8,10-12H,1-7H3. The summed E-state index contributed by atoms with van der Waals surface area (Å²) >= 11 is 0. The van der Waals surface area contributed by atoms with Crippen LogP contribution in [0.4, 0.5) is 0 Å². The van der Waals surface area contributed by atoms with Crippen LogP contribution in [-0.4, -0.2) is 37.8 Å². The molecule has 4 atom stereocenters. The quantitative estimate of drug-likeness (QED) is 0.747. The van der Waals surface area contributed by atoms with E-state index < -0.39 is 14.2 Å². The molecule has 1 spiro atoms. The van der Waals surface area contributed by atoms with Gasteiger partial charge in [0.1, 0.15) is 18.6 Å². The van der Waals surface area contributed by atoms with E-state index in [0.717, 1.165) is 5.70 Å². The highest BCUT2D eigenvalue weighted by Crippen LogP contribution is 2.42. The minimum absolute atomic E-state index is 0.109. The second kappa shape index (κ2) is 4.77. The predicted octanol–water partition coefficient (Wildman–Crippen LogP) is 2.81. The Kier molecular flexibility index (Phi) is 3.72. The molecule has 1 fully saturated rings. The molecule has 1 saturated heterocycles. The fourth-order valence-corrected chi connectivity index (χ4v) is 3.87. The Balaban J connectivity index is 2.23. The second-order valence-electron chi connectivity index (χ2n) is 6.17. The first-order valence-corrected chi connectivity index (χ1v) is 10.2. The van der Waals surface area contributed by atoms with Gasteiger partial charge in [-0.25, -0.2) is 0 Å². The van der Waals surface area contributed by atoms with Gasteiger partial charge in [0.25, 0.3) is 0 Å². The van der Waals surface area contributed by atoms with Crippen LogP contribution in [0.15, 0.2) is 12.0 Å². The number of ether oxygens (including phenoxy) is 3. The van der Waals surface area contributed by atoms with E-state index in [1.807, 2.05) is 32.6 Å². The third kappa shape index (κ3) is 2.67. The van der Waals surface area contributed by atoms with Crippen LogP contribution in [0.25, 0.3) is 0 Å². The highest BCUT2D eigenvalue weighted by molar-refractivity contribution is 6.69. The van der Waals surface area contributed by atoms with E-state index in [9.17, 15) is 0 Å². The van der Waals surface area contributed by atoms with E-state index in [4.69, 9.17) is 18.6 Å². The molecule has 0 aromatic heterocycles. The molecule has 0 saturated carbocycles. The van der Waals surface area contributed by atoms with Crippen LogP contribution in [0, 0.1) is 0 Å². The van der Waals surface area contributed by atoms with Crippen molar-refractivity contribution in [3.63, 3.8) is 0 Å². The van der Waals surface area contributed by atoms with Crippen molar-refractivity contribution < 1.29 is 18.6 Å². The molecule has 0 aromatic rings. The lowest BCUT2D eigenvalue weighted by Gasteiger charge is -2.41. The monoisotopic (exact) mass is 287 g/mol. The minimum atomic E-state index is -1.64. The van der Waals surface area contributed by atoms with E-state index in [-0.39, 0.29) is 18.6 Å². The number of allylic oxidation sites excluding steroid dienone is 1. The van der Waals surface area contributed by atoms with Crippen molar-refractivity contribution in [2.75, 3.05) is 0 Å². The van der Waals surface area contributed by atoms with Crippen molar-refractivity contribution in [3.8, 4) is 0 Å². The van der Waals surface area contributed by atoms with Crippen LogP contribution < -0.4 is 0 Å². The van der Waals surface area contributed by atoms with Gasteiger partial charge in [-0.3, -0.25) is 9.64 Å². The Morgan fingerprint density at radius 1 is 1.37 bits per heavy atom. The first-order chi connectivity index (χ1) is 8.66. The second-order valence-corrected chi connectivity index (χ2v) is 10.6. The zero-order chi connectivity index (χ0) is 14.4. The zero-order valence-corrected chi connectivity index (χ0v) is 13.9. The van der Waals surface area contributed by atoms with Crippen molar-refractivity contribution in [3.05, 3.63) is 12.0 Å². The Labute approximate surface area is 116 Å². The molecule has 0 bridgehead atoms.